The maximum atomic E-state index is 12.3. The Morgan fingerprint density at radius 2 is 2.45 bits per heavy atom. The topological polar surface area (TPSA) is 108 Å². The predicted octanol–water partition coefficient (Wildman–Crippen LogP) is -0.281. The number of amides is 1. The summed E-state index contributed by atoms with van der Waals surface area (Å²) >= 11 is 0. The van der Waals surface area contributed by atoms with E-state index in [2.05, 4.69) is 20.4 Å². The van der Waals surface area contributed by atoms with Gasteiger partial charge in [0, 0.05) is 12.8 Å². The Labute approximate surface area is 115 Å². The lowest BCUT2D eigenvalue weighted by molar-refractivity contribution is -0.121. The zero-order chi connectivity index (χ0) is 14.0. The average Bonchev–Trinajstić information content (AvgIpc) is 3.11. The number of nitrogens with one attached hydrogen (secondary N) is 1. The van der Waals surface area contributed by atoms with Gasteiger partial charge < -0.3 is 15.8 Å². The molecule has 2 aromatic rings. The molecule has 1 saturated heterocycles. The molecule has 1 amide bonds. The van der Waals surface area contributed by atoms with Crippen molar-refractivity contribution >= 4 is 11.6 Å². The molecule has 3 rings (SSSR count). The average molecular weight is 274 g/mol. The van der Waals surface area contributed by atoms with Gasteiger partial charge in [-0.3, -0.25) is 4.79 Å². The molecular weight excluding hydrogens is 260 g/mol. The van der Waals surface area contributed by atoms with Crippen LogP contribution in [0.25, 0.3) is 5.82 Å². The quantitative estimate of drug-likeness (QED) is 0.797. The van der Waals surface area contributed by atoms with Crippen LogP contribution in [0, 0.1) is 0 Å². The molecule has 8 heteroatoms. The van der Waals surface area contributed by atoms with Crippen molar-refractivity contribution < 1.29 is 9.53 Å². The summed E-state index contributed by atoms with van der Waals surface area (Å²) < 4.78 is 6.67. The standard InChI is InChI=1S/C12H14N6O2/c13-12(3-5-20-6-12)11(19)17-9-2-1-4-15-10(9)18-8-14-7-16-18/h1-2,4,7-8H,3,5-6,13H2,(H,17,19). The van der Waals surface area contributed by atoms with Crippen LogP contribution in [0.3, 0.4) is 0 Å². The molecule has 0 aliphatic carbocycles. The Kier molecular flexibility index (Phi) is 3.17. The van der Waals surface area contributed by atoms with Gasteiger partial charge in [0.2, 0.25) is 5.91 Å². The minimum Gasteiger partial charge on any atom is -0.379 e. The molecule has 8 nitrogen and oxygen atoms in total. The van der Waals surface area contributed by atoms with E-state index < -0.39 is 5.54 Å². The van der Waals surface area contributed by atoms with Gasteiger partial charge in [-0.2, -0.15) is 5.10 Å². The van der Waals surface area contributed by atoms with Crippen LogP contribution in [0.1, 0.15) is 6.42 Å². The van der Waals surface area contributed by atoms with E-state index >= 15 is 0 Å². The number of anilines is 1. The normalized spacial score (nSPS) is 21.9. The van der Waals surface area contributed by atoms with Gasteiger partial charge in [-0.15, -0.1) is 0 Å². The predicted molar refractivity (Wildman–Crippen MR) is 70.1 cm³/mol. The summed E-state index contributed by atoms with van der Waals surface area (Å²) in [5.74, 6) is 0.199. The highest BCUT2D eigenvalue weighted by molar-refractivity contribution is 5.99. The van der Waals surface area contributed by atoms with Gasteiger partial charge in [-0.1, -0.05) is 0 Å². The Hall–Kier alpha value is -2.32. The first kappa shape index (κ1) is 12.7. The van der Waals surface area contributed by atoms with E-state index in [9.17, 15) is 4.79 Å². The van der Waals surface area contributed by atoms with Crippen molar-refractivity contribution in [1.29, 1.82) is 0 Å². The molecular formula is C12H14N6O2. The second-order valence-electron chi connectivity index (χ2n) is 4.63. The Morgan fingerprint density at radius 1 is 1.55 bits per heavy atom. The molecule has 0 bridgehead atoms. The third-order valence-electron chi connectivity index (χ3n) is 3.17. The van der Waals surface area contributed by atoms with Crippen molar-refractivity contribution in [2.24, 2.45) is 5.73 Å². The molecule has 0 spiro atoms. The maximum absolute atomic E-state index is 12.3. The number of hydrogen-bond donors (Lipinski definition) is 2. The maximum Gasteiger partial charge on any atom is 0.247 e. The van der Waals surface area contributed by atoms with E-state index in [4.69, 9.17) is 10.5 Å². The first-order valence-electron chi connectivity index (χ1n) is 6.17. The first-order chi connectivity index (χ1) is 9.69. The van der Waals surface area contributed by atoms with E-state index in [1.807, 2.05) is 0 Å². The van der Waals surface area contributed by atoms with Crippen LogP contribution in [0.4, 0.5) is 5.69 Å². The van der Waals surface area contributed by atoms with Crippen LogP contribution in [0.15, 0.2) is 31.0 Å². The fourth-order valence-corrected chi connectivity index (χ4v) is 2.00. The number of ether oxygens (including phenoxy) is 1. The molecule has 1 unspecified atom stereocenters. The van der Waals surface area contributed by atoms with Gasteiger partial charge in [0.05, 0.1) is 12.3 Å². The fourth-order valence-electron chi connectivity index (χ4n) is 2.00. The third kappa shape index (κ3) is 2.26. The summed E-state index contributed by atoms with van der Waals surface area (Å²) in [5, 5.41) is 6.79. The molecule has 20 heavy (non-hydrogen) atoms. The van der Waals surface area contributed by atoms with Gasteiger partial charge in [0.15, 0.2) is 5.82 Å². The highest BCUT2D eigenvalue weighted by Crippen LogP contribution is 2.21. The zero-order valence-corrected chi connectivity index (χ0v) is 10.7. The lowest BCUT2D eigenvalue weighted by atomic mass is 9.99. The number of carbonyl (C=O) groups excluding carboxylic acids is 1. The van der Waals surface area contributed by atoms with E-state index in [1.165, 1.54) is 17.3 Å². The largest absolute Gasteiger partial charge is 0.379 e. The lowest BCUT2D eigenvalue weighted by Crippen LogP contribution is -2.51. The Bertz CT molecular complexity index is 606. The van der Waals surface area contributed by atoms with Gasteiger partial charge >= 0.3 is 0 Å². The van der Waals surface area contributed by atoms with Gasteiger partial charge in [-0.25, -0.2) is 14.6 Å². The molecule has 1 atom stereocenters. The monoisotopic (exact) mass is 274 g/mol. The van der Waals surface area contributed by atoms with E-state index in [-0.39, 0.29) is 12.5 Å². The number of pyridine rings is 1. The minimum atomic E-state index is -0.991. The molecule has 0 radical (unpaired) electrons. The number of carbonyl (C=O) groups is 1. The summed E-state index contributed by atoms with van der Waals surface area (Å²) in [7, 11) is 0. The Balaban J connectivity index is 1.86. The summed E-state index contributed by atoms with van der Waals surface area (Å²) in [6.07, 6.45) is 5.02. The van der Waals surface area contributed by atoms with E-state index in [0.717, 1.165) is 0 Å². The summed E-state index contributed by atoms with van der Waals surface area (Å²) in [6, 6.07) is 3.46. The van der Waals surface area contributed by atoms with Crippen LogP contribution in [0.5, 0.6) is 0 Å². The third-order valence-corrected chi connectivity index (χ3v) is 3.17. The zero-order valence-electron chi connectivity index (χ0n) is 10.7. The number of nitrogens with two attached hydrogens (primary N) is 1. The molecule has 1 aliphatic rings. The second kappa shape index (κ2) is 4.99. The first-order valence-corrected chi connectivity index (χ1v) is 6.17. The summed E-state index contributed by atoms with van der Waals surface area (Å²) in [4.78, 5) is 20.3. The van der Waals surface area contributed by atoms with Crippen LogP contribution >= 0.6 is 0 Å². The van der Waals surface area contributed by atoms with Crippen molar-refractivity contribution in [3.05, 3.63) is 31.0 Å². The molecule has 104 valence electrons. The van der Waals surface area contributed by atoms with Crippen molar-refractivity contribution in [2.45, 2.75) is 12.0 Å². The van der Waals surface area contributed by atoms with Crippen molar-refractivity contribution in [1.82, 2.24) is 19.7 Å². The Morgan fingerprint density at radius 3 is 3.15 bits per heavy atom. The molecule has 0 saturated carbocycles. The van der Waals surface area contributed by atoms with Crippen molar-refractivity contribution in [3.63, 3.8) is 0 Å². The molecule has 0 aromatic carbocycles. The molecule has 3 heterocycles. The number of aromatic nitrogens is 4. The van der Waals surface area contributed by atoms with Crippen molar-refractivity contribution in [2.75, 3.05) is 18.5 Å². The van der Waals surface area contributed by atoms with E-state index in [0.29, 0.717) is 24.5 Å². The lowest BCUT2D eigenvalue weighted by Gasteiger charge is -2.21. The van der Waals surface area contributed by atoms with E-state index in [1.54, 1.807) is 18.3 Å². The van der Waals surface area contributed by atoms with Gasteiger partial charge in [0.25, 0.3) is 0 Å². The molecule has 3 N–H and O–H groups in total. The second-order valence-corrected chi connectivity index (χ2v) is 4.63. The van der Waals surface area contributed by atoms with Crippen LogP contribution in [-0.2, 0) is 9.53 Å². The van der Waals surface area contributed by atoms with Gasteiger partial charge in [0.1, 0.15) is 18.2 Å². The van der Waals surface area contributed by atoms with Crippen LogP contribution < -0.4 is 11.1 Å². The number of rotatable bonds is 3. The molecule has 1 aliphatic heterocycles. The molecule has 2 aromatic heterocycles. The highest BCUT2D eigenvalue weighted by atomic mass is 16.5. The fraction of sp³-hybridized carbons (Fsp3) is 0.333. The van der Waals surface area contributed by atoms with Crippen LogP contribution in [-0.4, -0.2) is 44.4 Å². The summed E-state index contributed by atoms with van der Waals surface area (Å²) in [6.45, 7) is 0.713. The molecule has 1 fully saturated rings. The number of nitrogens with zero attached hydrogens (tertiary/aromatic N) is 4. The minimum absolute atomic E-state index is 0.220. The van der Waals surface area contributed by atoms with Gasteiger partial charge in [-0.05, 0) is 18.6 Å². The smallest absolute Gasteiger partial charge is 0.247 e. The van der Waals surface area contributed by atoms with Crippen molar-refractivity contribution in [3.8, 4) is 5.82 Å². The SMILES string of the molecule is NC1(C(=O)Nc2cccnc2-n2cncn2)CCOC1. The number of hydrogen-bond acceptors (Lipinski definition) is 6. The van der Waals surface area contributed by atoms with Crippen LogP contribution in [0.2, 0.25) is 0 Å². The highest BCUT2D eigenvalue weighted by Gasteiger charge is 2.38. The summed E-state index contributed by atoms with van der Waals surface area (Å²) in [5.41, 5.74) is 5.56.